The van der Waals surface area contributed by atoms with Crippen LogP contribution in [0.1, 0.15) is 35.5 Å². The third-order valence-corrected chi connectivity index (χ3v) is 4.82. The van der Waals surface area contributed by atoms with Crippen LogP contribution in [0.3, 0.4) is 0 Å². The SMILES string of the molecule is Cc1csc(SCc2ccccc2C(=O)NC(C)C)n1. The molecule has 20 heavy (non-hydrogen) atoms. The number of thiazole rings is 1. The van der Waals surface area contributed by atoms with Crippen LogP contribution in [0, 0.1) is 6.92 Å². The van der Waals surface area contributed by atoms with Crippen molar-refractivity contribution in [3.8, 4) is 0 Å². The van der Waals surface area contributed by atoms with Crippen molar-refractivity contribution in [1.82, 2.24) is 10.3 Å². The molecule has 1 amide bonds. The average Bonchev–Trinajstić information content (AvgIpc) is 2.82. The van der Waals surface area contributed by atoms with E-state index in [-0.39, 0.29) is 11.9 Å². The van der Waals surface area contributed by atoms with Gasteiger partial charge in [0.2, 0.25) is 0 Å². The number of amides is 1. The first-order chi connectivity index (χ1) is 9.56. The van der Waals surface area contributed by atoms with Crippen LogP contribution in [-0.2, 0) is 5.75 Å². The zero-order valence-corrected chi connectivity index (χ0v) is 13.5. The summed E-state index contributed by atoms with van der Waals surface area (Å²) in [6, 6.07) is 7.89. The Morgan fingerprint density at radius 1 is 1.40 bits per heavy atom. The maximum atomic E-state index is 12.2. The second-order valence-electron chi connectivity index (χ2n) is 4.83. The molecule has 0 unspecified atom stereocenters. The number of aryl methyl sites for hydroxylation is 1. The Hall–Kier alpha value is -1.33. The molecule has 1 N–H and O–H groups in total. The number of carbonyl (C=O) groups is 1. The molecule has 2 aromatic rings. The van der Waals surface area contributed by atoms with Crippen molar-refractivity contribution in [1.29, 1.82) is 0 Å². The predicted octanol–water partition coefficient (Wildman–Crippen LogP) is 3.88. The third kappa shape index (κ3) is 4.08. The minimum atomic E-state index is -0.00785. The van der Waals surface area contributed by atoms with E-state index in [2.05, 4.69) is 10.3 Å². The number of nitrogens with zero attached hydrogens (tertiary/aromatic N) is 1. The second kappa shape index (κ2) is 6.90. The maximum absolute atomic E-state index is 12.2. The van der Waals surface area contributed by atoms with E-state index >= 15 is 0 Å². The van der Waals surface area contributed by atoms with Crippen molar-refractivity contribution in [3.63, 3.8) is 0 Å². The quantitative estimate of drug-likeness (QED) is 0.852. The fourth-order valence-electron chi connectivity index (χ4n) is 1.75. The normalized spacial score (nSPS) is 10.8. The molecule has 2 rings (SSSR count). The molecule has 0 fully saturated rings. The van der Waals surface area contributed by atoms with Gasteiger partial charge in [-0.15, -0.1) is 11.3 Å². The van der Waals surface area contributed by atoms with E-state index in [0.29, 0.717) is 0 Å². The first-order valence-corrected chi connectivity index (χ1v) is 8.36. The van der Waals surface area contributed by atoms with Gasteiger partial charge in [0.05, 0.1) is 0 Å². The van der Waals surface area contributed by atoms with Gasteiger partial charge in [0.15, 0.2) is 0 Å². The van der Waals surface area contributed by atoms with Crippen molar-refractivity contribution in [3.05, 3.63) is 46.5 Å². The topological polar surface area (TPSA) is 42.0 Å². The predicted molar refractivity (Wildman–Crippen MR) is 85.5 cm³/mol. The molecule has 3 nitrogen and oxygen atoms in total. The zero-order chi connectivity index (χ0) is 14.5. The van der Waals surface area contributed by atoms with Gasteiger partial charge in [0, 0.05) is 28.4 Å². The Bertz CT molecular complexity index is 593. The minimum Gasteiger partial charge on any atom is -0.350 e. The second-order valence-corrected chi connectivity index (χ2v) is 6.91. The van der Waals surface area contributed by atoms with Crippen LogP contribution in [0.4, 0.5) is 0 Å². The van der Waals surface area contributed by atoms with E-state index in [1.54, 1.807) is 23.1 Å². The minimum absolute atomic E-state index is 0.00785. The number of hydrogen-bond acceptors (Lipinski definition) is 4. The Morgan fingerprint density at radius 2 is 2.15 bits per heavy atom. The van der Waals surface area contributed by atoms with Crippen molar-refractivity contribution < 1.29 is 4.79 Å². The lowest BCUT2D eigenvalue weighted by Crippen LogP contribution is -2.30. The highest BCUT2D eigenvalue weighted by molar-refractivity contribution is 8.00. The van der Waals surface area contributed by atoms with Crippen LogP contribution in [0.2, 0.25) is 0 Å². The molecular formula is C15H18N2OS2. The monoisotopic (exact) mass is 306 g/mol. The van der Waals surface area contributed by atoms with Gasteiger partial charge in [-0.3, -0.25) is 4.79 Å². The summed E-state index contributed by atoms with van der Waals surface area (Å²) < 4.78 is 1.04. The molecule has 1 aromatic heterocycles. The highest BCUT2D eigenvalue weighted by Gasteiger charge is 2.12. The Morgan fingerprint density at radius 3 is 2.80 bits per heavy atom. The van der Waals surface area contributed by atoms with Gasteiger partial charge in [0.25, 0.3) is 5.91 Å². The number of rotatable bonds is 5. The van der Waals surface area contributed by atoms with Crippen LogP contribution in [-0.4, -0.2) is 16.9 Å². The van der Waals surface area contributed by atoms with Crippen molar-refractivity contribution in [2.24, 2.45) is 0 Å². The Balaban J connectivity index is 2.09. The molecule has 0 bridgehead atoms. The third-order valence-electron chi connectivity index (χ3n) is 2.63. The van der Waals surface area contributed by atoms with Gasteiger partial charge in [-0.05, 0) is 32.4 Å². The molecular weight excluding hydrogens is 288 g/mol. The molecule has 106 valence electrons. The van der Waals surface area contributed by atoms with Crippen LogP contribution >= 0.6 is 23.1 Å². The van der Waals surface area contributed by atoms with Crippen LogP contribution in [0.25, 0.3) is 0 Å². The first kappa shape index (κ1) is 15.1. The van der Waals surface area contributed by atoms with Gasteiger partial charge < -0.3 is 5.32 Å². The molecule has 0 aliphatic heterocycles. The highest BCUT2D eigenvalue weighted by Crippen LogP contribution is 2.27. The summed E-state index contributed by atoms with van der Waals surface area (Å²) >= 11 is 3.32. The summed E-state index contributed by atoms with van der Waals surface area (Å²) in [4.78, 5) is 16.6. The van der Waals surface area contributed by atoms with Crippen LogP contribution in [0.15, 0.2) is 34.0 Å². The fourth-order valence-corrected chi connectivity index (χ4v) is 3.60. The molecule has 0 saturated heterocycles. The molecule has 0 aliphatic carbocycles. The number of hydrogen-bond donors (Lipinski definition) is 1. The summed E-state index contributed by atoms with van der Waals surface area (Å²) in [5.41, 5.74) is 2.84. The van der Waals surface area contributed by atoms with Gasteiger partial charge in [-0.25, -0.2) is 4.98 Å². The number of carbonyl (C=O) groups excluding carboxylic acids is 1. The Labute approximate surface area is 127 Å². The fraction of sp³-hybridized carbons (Fsp3) is 0.333. The lowest BCUT2D eigenvalue weighted by Gasteiger charge is -2.11. The summed E-state index contributed by atoms with van der Waals surface area (Å²) in [5, 5.41) is 4.98. The molecule has 0 spiro atoms. The van der Waals surface area contributed by atoms with E-state index in [9.17, 15) is 4.79 Å². The summed E-state index contributed by atoms with van der Waals surface area (Å²) in [6.07, 6.45) is 0. The number of aromatic nitrogens is 1. The molecule has 5 heteroatoms. The van der Waals surface area contributed by atoms with E-state index in [1.807, 2.05) is 50.4 Å². The maximum Gasteiger partial charge on any atom is 0.251 e. The molecule has 0 aliphatic rings. The molecule has 1 heterocycles. The lowest BCUT2D eigenvalue weighted by molar-refractivity contribution is 0.0942. The lowest BCUT2D eigenvalue weighted by atomic mass is 10.1. The molecule has 0 radical (unpaired) electrons. The van der Waals surface area contributed by atoms with Gasteiger partial charge >= 0.3 is 0 Å². The zero-order valence-electron chi connectivity index (χ0n) is 11.8. The van der Waals surface area contributed by atoms with Gasteiger partial charge in [-0.2, -0.15) is 0 Å². The summed E-state index contributed by atoms with van der Waals surface area (Å²) in [7, 11) is 0. The van der Waals surface area contributed by atoms with Crippen LogP contribution in [0.5, 0.6) is 0 Å². The summed E-state index contributed by atoms with van der Waals surface area (Å²) in [5.74, 6) is 0.751. The van der Waals surface area contributed by atoms with E-state index < -0.39 is 0 Å². The molecule has 0 atom stereocenters. The van der Waals surface area contributed by atoms with Crippen molar-refractivity contribution in [2.75, 3.05) is 0 Å². The number of thioether (sulfide) groups is 1. The molecule has 1 aromatic carbocycles. The van der Waals surface area contributed by atoms with Crippen molar-refractivity contribution in [2.45, 2.75) is 36.9 Å². The number of nitrogens with one attached hydrogen (secondary N) is 1. The molecule has 0 saturated carbocycles. The van der Waals surface area contributed by atoms with Crippen LogP contribution < -0.4 is 5.32 Å². The summed E-state index contributed by atoms with van der Waals surface area (Å²) in [6.45, 7) is 5.92. The van der Waals surface area contributed by atoms with E-state index in [4.69, 9.17) is 0 Å². The van der Waals surface area contributed by atoms with Gasteiger partial charge in [0.1, 0.15) is 4.34 Å². The first-order valence-electron chi connectivity index (χ1n) is 6.50. The number of benzene rings is 1. The van der Waals surface area contributed by atoms with E-state index in [0.717, 1.165) is 26.9 Å². The van der Waals surface area contributed by atoms with Crippen molar-refractivity contribution >= 4 is 29.0 Å². The van der Waals surface area contributed by atoms with Gasteiger partial charge in [-0.1, -0.05) is 30.0 Å². The average molecular weight is 306 g/mol. The standard InChI is InChI=1S/C15H18N2OS2/c1-10(2)16-14(18)13-7-5-4-6-12(13)9-20-15-17-11(3)8-19-15/h4-8,10H,9H2,1-3H3,(H,16,18). The Kier molecular flexibility index (Phi) is 5.20. The van der Waals surface area contributed by atoms with E-state index in [1.165, 1.54) is 0 Å². The highest BCUT2D eigenvalue weighted by atomic mass is 32.2. The largest absolute Gasteiger partial charge is 0.350 e. The smallest absolute Gasteiger partial charge is 0.251 e.